The van der Waals surface area contributed by atoms with Gasteiger partial charge in [-0.2, -0.15) is 0 Å². The van der Waals surface area contributed by atoms with E-state index in [1.807, 2.05) is 0 Å². The summed E-state index contributed by atoms with van der Waals surface area (Å²) in [6, 6.07) is 0. The highest BCUT2D eigenvalue weighted by Gasteiger charge is 2.32. The molecule has 12 heteroatoms. The predicted octanol–water partition coefficient (Wildman–Crippen LogP) is -3.59. The molecule has 0 aromatic heterocycles. The lowest BCUT2D eigenvalue weighted by Crippen LogP contribution is -2.41. The van der Waals surface area contributed by atoms with Gasteiger partial charge in [-0.05, 0) is 0 Å². The molecule has 0 unspecified atom stereocenters. The number of carboxylic acid groups (broad SMARTS) is 1. The molecular formula is C7H16NO10P. The van der Waals surface area contributed by atoms with E-state index in [0.717, 1.165) is 0 Å². The fourth-order valence-corrected chi connectivity index (χ4v) is 1.14. The average molecular weight is 305 g/mol. The van der Waals surface area contributed by atoms with Crippen molar-refractivity contribution >= 4 is 20.1 Å². The van der Waals surface area contributed by atoms with Gasteiger partial charge in [0.15, 0.2) is 12.4 Å². The molecule has 0 radical (unpaired) electrons. The van der Waals surface area contributed by atoms with Crippen molar-refractivity contribution in [3.05, 3.63) is 0 Å². The van der Waals surface area contributed by atoms with Gasteiger partial charge in [0.1, 0.15) is 12.2 Å². The fourth-order valence-electron chi connectivity index (χ4n) is 0.653. The second-order valence-corrected chi connectivity index (χ2v) is 4.23. The van der Waals surface area contributed by atoms with Crippen LogP contribution in [0.5, 0.6) is 0 Å². The maximum Gasteiger partial charge on any atom is 0.470 e. The van der Waals surface area contributed by atoms with Gasteiger partial charge in [-0.25, -0.2) is 4.57 Å². The largest absolute Gasteiger partial charge is 0.480 e. The van der Waals surface area contributed by atoms with Crippen LogP contribution in [0.25, 0.3) is 0 Å². The first-order valence-electron chi connectivity index (χ1n) is 4.67. The van der Waals surface area contributed by atoms with Crippen LogP contribution in [0.4, 0.5) is 0 Å². The first-order valence-corrected chi connectivity index (χ1v) is 6.20. The number of carbonyl (C=O) groups excluding carboxylic acids is 1. The molecule has 0 saturated heterocycles. The highest BCUT2D eigenvalue weighted by atomic mass is 31.2. The van der Waals surface area contributed by atoms with E-state index in [0.29, 0.717) is 0 Å². The van der Waals surface area contributed by atoms with Crippen LogP contribution in [0.15, 0.2) is 0 Å². The van der Waals surface area contributed by atoms with Gasteiger partial charge in [0.2, 0.25) is 0 Å². The van der Waals surface area contributed by atoms with Crippen LogP contribution in [-0.4, -0.2) is 73.9 Å². The number of rotatable bonds is 7. The summed E-state index contributed by atoms with van der Waals surface area (Å²) in [6.45, 7) is -1.14. The Morgan fingerprint density at radius 2 is 1.79 bits per heavy atom. The number of nitrogens with two attached hydrogens (primary N) is 1. The number of aliphatic carboxylic acids is 1. The van der Waals surface area contributed by atoms with Crippen molar-refractivity contribution in [3.8, 4) is 0 Å². The summed E-state index contributed by atoms with van der Waals surface area (Å²) in [5.74, 6) is -0.968. The molecule has 0 saturated carbocycles. The Hall–Kier alpha value is -0.910. The van der Waals surface area contributed by atoms with Crippen LogP contribution in [0.1, 0.15) is 0 Å². The van der Waals surface area contributed by atoms with Gasteiger partial charge in [0.25, 0.3) is 0 Å². The number of aliphatic hydroxyl groups is 3. The maximum absolute atomic E-state index is 10.3. The Kier molecular flexibility index (Phi) is 10.7. The third-order valence-corrected chi connectivity index (χ3v) is 2.00. The summed E-state index contributed by atoms with van der Waals surface area (Å²) >= 11 is 0. The molecule has 19 heavy (non-hydrogen) atoms. The van der Waals surface area contributed by atoms with Crippen molar-refractivity contribution in [2.75, 3.05) is 13.2 Å². The minimum Gasteiger partial charge on any atom is -0.480 e. The minimum absolute atomic E-state index is 0.0807. The Bertz CT molecular complexity index is 317. The lowest BCUT2D eigenvalue weighted by Gasteiger charge is -2.21. The number of hydrogen-bond acceptors (Lipinski definition) is 8. The van der Waals surface area contributed by atoms with E-state index >= 15 is 0 Å². The third-order valence-electron chi connectivity index (χ3n) is 1.49. The lowest BCUT2D eigenvalue weighted by atomic mass is 10.1. The van der Waals surface area contributed by atoms with E-state index in [1.54, 1.807) is 0 Å². The van der Waals surface area contributed by atoms with Gasteiger partial charge in [-0.15, -0.1) is 0 Å². The van der Waals surface area contributed by atoms with Crippen molar-refractivity contribution in [3.63, 3.8) is 0 Å². The monoisotopic (exact) mass is 305 g/mol. The van der Waals surface area contributed by atoms with Gasteiger partial charge in [0.05, 0.1) is 13.2 Å². The highest BCUT2D eigenvalue weighted by molar-refractivity contribution is 7.46. The Labute approximate surface area is 107 Å². The number of phosphoric ester groups is 1. The Morgan fingerprint density at radius 1 is 1.37 bits per heavy atom. The molecule has 114 valence electrons. The van der Waals surface area contributed by atoms with E-state index in [4.69, 9.17) is 30.2 Å². The standard InChI is InChI=1S/C5H11O8P.C2H5NO2/c6-1-3(8)5(9)4(2-7)13-14(10,11)12;3-1-2(4)5/h2-6,8-9H,1H2,(H2,10,11,12);1,3H2,(H,4,5)/t3-,4+,5-;/m1./s1. The van der Waals surface area contributed by atoms with Gasteiger partial charge in [0, 0.05) is 0 Å². The molecule has 0 heterocycles. The number of carboxylic acids is 1. The maximum atomic E-state index is 10.3. The number of phosphoric acid groups is 1. The summed E-state index contributed by atoms with van der Waals surface area (Å²) in [6.07, 6.45) is -5.58. The fraction of sp³-hybridized carbons (Fsp3) is 0.714. The first kappa shape index (κ1) is 20.4. The van der Waals surface area contributed by atoms with Crippen LogP contribution >= 0.6 is 7.82 Å². The predicted molar refractivity (Wildman–Crippen MR) is 58.8 cm³/mol. The van der Waals surface area contributed by atoms with E-state index in [-0.39, 0.29) is 12.8 Å². The van der Waals surface area contributed by atoms with Gasteiger partial charge in [-0.1, -0.05) is 0 Å². The highest BCUT2D eigenvalue weighted by Crippen LogP contribution is 2.38. The van der Waals surface area contributed by atoms with Crippen LogP contribution in [-0.2, 0) is 18.7 Å². The number of carbonyl (C=O) groups is 2. The molecule has 0 aromatic carbocycles. The van der Waals surface area contributed by atoms with E-state index in [2.05, 4.69) is 10.3 Å². The van der Waals surface area contributed by atoms with Crippen LogP contribution in [0, 0.1) is 0 Å². The quantitative estimate of drug-likeness (QED) is 0.180. The minimum atomic E-state index is -4.93. The summed E-state index contributed by atoms with van der Waals surface area (Å²) in [7, 11) is -4.93. The summed E-state index contributed by atoms with van der Waals surface area (Å²) < 4.78 is 14.1. The van der Waals surface area contributed by atoms with Crippen molar-refractivity contribution < 1.29 is 48.9 Å². The summed E-state index contributed by atoms with van der Waals surface area (Å²) in [4.78, 5) is 36.1. The molecule has 0 aromatic rings. The van der Waals surface area contributed by atoms with Gasteiger partial charge in [-0.3, -0.25) is 9.32 Å². The molecule has 3 atom stereocenters. The van der Waals surface area contributed by atoms with Crippen LogP contribution in [0.2, 0.25) is 0 Å². The summed E-state index contributed by atoms with van der Waals surface area (Å²) in [5, 5.41) is 33.8. The molecule has 0 bridgehead atoms. The normalized spacial score (nSPS) is 15.7. The topological polar surface area (TPSA) is 208 Å². The third kappa shape index (κ3) is 11.9. The second kappa shape index (κ2) is 9.95. The van der Waals surface area contributed by atoms with Gasteiger partial charge >= 0.3 is 13.8 Å². The molecule has 0 rings (SSSR count). The van der Waals surface area contributed by atoms with Crippen molar-refractivity contribution in [1.82, 2.24) is 0 Å². The van der Waals surface area contributed by atoms with E-state index < -0.39 is 38.7 Å². The number of aldehydes is 1. The second-order valence-electron chi connectivity index (χ2n) is 3.04. The molecule has 0 aliphatic carbocycles. The molecule has 0 spiro atoms. The SMILES string of the molecule is NCC(=O)O.O=C[C@H](OP(=O)(O)O)[C@H](O)[C@H](O)CO. The van der Waals surface area contributed by atoms with Crippen LogP contribution in [0.3, 0.4) is 0 Å². The van der Waals surface area contributed by atoms with Crippen molar-refractivity contribution in [1.29, 1.82) is 0 Å². The molecule has 0 aliphatic heterocycles. The number of hydrogen-bond donors (Lipinski definition) is 7. The zero-order chi connectivity index (χ0) is 15.6. The molecule has 0 fully saturated rings. The Balaban J connectivity index is 0. The lowest BCUT2D eigenvalue weighted by molar-refractivity contribution is -0.135. The van der Waals surface area contributed by atoms with Crippen molar-refractivity contribution in [2.45, 2.75) is 18.3 Å². The van der Waals surface area contributed by atoms with Gasteiger partial charge < -0.3 is 40.7 Å². The van der Waals surface area contributed by atoms with E-state index in [1.165, 1.54) is 0 Å². The zero-order valence-corrected chi connectivity index (χ0v) is 10.5. The first-order chi connectivity index (χ1) is 8.58. The Morgan fingerprint density at radius 3 is 2.00 bits per heavy atom. The smallest absolute Gasteiger partial charge is 0.470 e. The molecule has 11 nitrogen and oxygen atoms in total. The zero-order valence-electron chi connectivity index (χ0n) is 9.56. The molecule has 0 amide bonds. The van der Waals surface area contributed by atoms with E-state index in [9.17, 15) is 14.2 Å². The molecule has 8 N–H and O–H groups in total. The van der Waals surface area contributed by atoms with Crippen molar-refractivity contribution in [2.24, 2.45) is 5.73 Å². The molecule has 0 aliphatic rings. The number of aliphatic hydroxyl groups excluding tert-OH is 3. The molecular weight excluding hydrogens is 289 g/mol. The van der Waals surface area contributed by atoms with Crippen LogP contribution < -0.4 is 5.73 Å². The summed E-state index contributed by atoms with van der Waals surface area (Å²) in [5.41, 5.74) is 4.57. The average Bonchev–Trinajstić information content (AvgIpc) is 2.33.